The van der Waals surface area contributed by atoms with Crippen molar-refractivity contribution in [3.05, 3.63) is 0 Å². The second-order valence-electron chi connectivity index (χ2n) is 7.29. The van der Waals surface area contributed by atoms with Crippen LogP contribution < -0.4 is 5.32 Å². The number of hydrogen-bond donors (Lipinski definition) is 1. The summed E-state index contributed by atoms with van der Waals surface area (Å²) in [5.74, 6) is 0. The lowest BCUT2D eigenvalue weighted by Gasteiger charge is -2.29. The van der Waals surface area contributed by atoms with E-state index in [4.69, 9.17) is 4.74 Å². The molecule has 0 heterocycles. The maximum atomic E-state index is 11.8. The van der Waals surface area contributed by atoms with Gasteiger partial charge in [0.2, 0.25) is 0 Å². The first kappa shape index (κ1) is 16.3. The van der Waals surface area contributed by atoms with Crippen LogP contribution in [0.5, 0.6) is 0 Å². The van der Waals surface area contributed by atoms with E-state index in [-0.39, 0.29) is 6.09 Å². The van der Waals surface area contributed by atoms with Gasteiger partial charge in [-0.05, 0) is 39.0 Å². The summed E-state index contributed by atoms with van der Waals surface area (Å²) in [5, 5.41) is 3.57. The van der Waals surface area contributed by atoms with Crippen molar-refractivity contribution in [3.8, 4) is 0 Å². The second-order valence-corrected chi connectivity index (χ2v) is 7.29. The van der Waals surface area contributed by atoms with Gasteiger partial charge in [-0.15, -0.1) is 0 Å². The first-order valence-electron chi connectivity index (χ1n) is 7.29. The van der Waals surface area contributed by atoms with Crippen molar-refractivity contribution >= 4 is 6.09 Å². The van der Waals surface area contributed by atoms with Gasteiger partial charge in [-0.3, -0.25) is 0 Å². The van der Waals surface area contributed by atoms with Crippen LogP contribution in [0.3, 0.4) is 0 Å². The van der Waals surface area contributed by atoms with Crippen molar-refractivity contribution in [1.82, 2.24) is 10.2 Å². The summed E-state index contributed by atoms with van der Waals surface area (Å²) < 4.78 is 5.32. The zero-order chi connectivity index (χ0) is 14.7. The SMILES string of the molecule is CN(CCNC1CCCC1(C)C)C(=O)OC(C)(C)C. The Morgan fingerprint density at radius 3 is 2.53 bits per heavy atom. The van der Waals surface area contributed by atoms with Crippen LogP contribution in [0.1, 0.15) is 53.9 Å². The van der Waals surface area contributed by atoms with Gasteiger partial charge in [0.25, 0.3) is 0 Å². The molecule has 1 aliphatic rings. The van der Waals surface area contributed by atoms with Gasteiger partial charge in [-0.25, -0.2) is 4.79 Å². The van der Waals surface area contributed by atoms with E-state index in [1.807, 2.05) is 20.8 Å². The van der Waals surface area contributed by atoms with Crippen LogP contribution in [0.4, 0.5) is 4.79 Å². The second kappa shape index (κ2) is 6.12. The summed E-state index contributed by atoms with van der Waals surface area (Å²) in [6.07, 6.45) is 3.57. The zero-order valence-electron chi connectivity index (χ0n) is 13.4. The molecule has 1 saturated carbocycles. The van der Waals surface area contributed by atoms with E-state index in [9.17, 15) is 4.79 Å². The summed E-state index contributed by atoms with van der Waals surface area (Å²) in [7, 11) is 1.79. The average Bonchev–Trinajstić information content (AvgIpc) is 2.55. The molecule has 0 spiro atoms. The van der Waals surface area contributed by atoms with E-state index in [2.05, 4.69) is 19.2 Å². The number of amides is 1. The molecule has 1 N–H and O–H groups in total. The van der Waals surface area contributed by atoms with Gasteiger partial charge < -0.3 is 15.0 Å². The Morgan fingerprint density at radius 1 is 1.42 bits per heavy atom. The molecule has 19 heavy (non-hydrogen) atoms. The lowest BCUT2D eigenvalue weighted by atomic mass is 9.87. The molecule has 1 aliphatic carbocycles. The number of rotatable bonds is 4. The van der Waals surface area contributed by atoms with Crippen LogP contribution in [-0.4, -0.2) is 42.8 Å². The Morgan fingerprint density at radius 2 is 2.05 bits per heavy atom. The molecule has 0 saturated heterocycles. The van der Waals surface area contributed by atoms with Crippen LogP contribution >= 0.6 is 0 Å². The molecule has 4 nitrogen and oxygen atoms in total. The van der Waals surface area contributed by atoms with Crippen LogP contribution in [0.15, 0.2) is 0 Å². The van der Waals surface area contributed by atoms with Crippen molar-refractivity contribution < 1.29 is 9.53 Å². The van der Waals surface area contributed by atoms with E-state index in [0.29, 0.717) is 18.0 Å². The minimum Gasteiger partial charge on any atom is -0.444 e. The molecule has 0 radical (unpaired) electrons. The predicted octanol–water partition coefficient (Wildman–Crippen LogP) is 3.02. The quantitative estimate of drug-likeness (QED) is 0.854. The lowest BCUT2D eigenvalue weighted by molar-refractivity contribution is 0.0298. The lowest BCUT2D eigenvalue weighted by Crippen LogP contribution is -2.43. The van der Waals surface area contributed by atoms with E-state index in [1.54, 1.807) is 11.9 Å². The Labute approximate surface area is 117 Å². The van der Waals surface area contributed by atoms with Crippen molar-refractivity contribution in [2.45, 2.75) is 65.5 Å². The number of carbonyl (C=O) groups is 1. The number of nitrogens with one attached hydrogen (secondary N) is 1. The Balaban J connectivity index is 2.27. The first-order chi connectivity index (χ1) is 8.62. The van der Waals surface area contributed by atoms with Crippen molar-refractivity contribution in [2.24, 2.45) is 5.41 Å². The summed E-state index contributed by atoms with van der Waals surface area (Å²) in [5.41, 5.74) is -0.0449. The van der Waals surface area contributed by atoms with Gasteiger partial charge in [-0.2, -0.15) is 0 Å². The molecule has 1 unspecified atom stereocenters. The fourth-order valence-corrected chi connectivity index (χ4v) is 2.54. The Kier molecular flexibility index (Phi) is 5.25. The van der Waals surface area contributed by atoms with E-state index in [0.717, 1.165) is 6.54 Å². The minimum atomic E-state index is -0.424. The molecular formula is C15H30N2O2. The molecule has 1 amide bonds. The third kappa shape index (κ3) is 5.39. The molecule has 1 rings (SSSR count). The van der Waals surface area contributed by atoms with Crippen molar-refractivity contribution in [3.63, 3.8) is 0 Å². The van der Waals surface area contributed by atoms with Crippen LogP contribution in [0.25, 0.3) is 0 Å². The van der Waals surface area contributed by atoms with Crippen molar-refractivity contribution in [1.29, 1.82) is 0 Å². The van der Waals surface area contributed by atoms with Crippen molar-refractivity contribution in [2.75, 3.05) is 20.1 Å². The maximum Gasteiger partial charge on any atom is 0.410 e. The highest BCUT2D eigenvalue weighted by Crippen LogP contribution is 2.36. The fourth-order valence-electron chi connectivity index (χ4n) is 2.54. The molecule has 0 aromatic carbocycles. The summed E-state index contributed by atoms with van der Waals surface area (Å²) in [4.78, 5) is 13.4. The highest BCUT2D eigenvalue weighted by Gasteiger charge is 2.33. The summed E-state index contributed by atoms with van der Waals surface area (Å²) >= 11 is 0. The Hall–Kier alpha value is -0.770. The predicted molar refractivity (Wildman–Crippen MR) is 78.3 cm³/mol. The topological polar surface area (TPSA) is 41.6 Å². The van der Waals surface area contributed by atoms with E-state index < -0.39 is 5.60 Å². The molecule has 112 valence electrons. The maximum absolute atomic E-state index is 11.8. The van der Waals surface area contributed by atoms with E-state index >= 15 is 0 Å². The van der Waals surface area contributed by atoms with Gasteiger partial charge in [0, 0.05) is 26.2 Å². The van der Waals surface area contributed by atoms with Crippen LogP contribution in [0, 0.1) is 5.41 Å². The Bertz CT molecular complexity index is 308. The number of carbonyl (C=O) groups excluding carboxylic acids is 1. The summed E-state index contributed by atoms with van der Waals surface area (Å²) in [6, 6.07) is 0.569. The van der Waals surface area contributed by atoms with Gasteiger partial charge in [0.1, 0.15) is 5.60 Å². The van der Waals surface area contributed by atoms with Gasteiger partial charge in [-0.1, -0.05) is 20.3 Å². The molecule has 0 aromatic heterocycles. The van der Waals surface area contributed by atoms with Gasteiger partial charge in [0.05, 0.1) is 0 Å². The molecule has 0 bridgehead atoms. The zero-order valence-corrected chi connectivity index (χ0v) is 13.4. The van der Waals surface area contributed by atoms with Crippen LogP contribution in [0.2, 0.25) is 0 Å². The molecule has 0 aromatic rings. The van der Waals surface area contributed by atoms with Gasteiger partial charge >= 0.3 is 6.09 Å². The largest absolute Gasteiger partial charge is 0.444 e. The minimum absolute atomic E-state index is 0.250. The smallest absolute Gasteiger partial charge is 0.410 e. The molecule has 4 heteroatoms. The standard InChI is InChI=1S/C15H30N2O2/c1-14(2,3)19-13(18)17(6)11-10-16-12-8-7-9-15(12,4)5/h12,16H,7-11H2,1-6H3. The molecular weight excluding hydrogens is 240 g/mol. The number of likely N-dealkylation sites (N-methyl/N-ethyl adjacent to an activating group) is 1. The molecule has 1 atom stereocenters. The van der Waals surface area contributed by atoms with Crippen LogP contribution in [-0.2, 0) is 4.74 Å². The van der Waals surface area contributed by atoms with E-state index in [1.165, 1.54) is 19.3 Å². The normalized spacial score (nSPS) is 22.3. The highest BCUT2D eigenvalue weighted by molar-refractivity contribution is 5.67. The number of hydrogen-bond acceptors (Lipinski definition) is 3. The summed E-state index contributed by atoms with van der Waals surface area (Å²) in [6.45, 7) is 11.8. The third-order valence-corrected chi connectivity index (χ3v) is 3.80. The number of ether oxygens (including phenoxy) is 1. The van der Waals surface area contributed by atoms with Gasteiger partial charge in [0.15, 0.2) is 0 Å². The molecule has 1 fully saturated rings. The average molecular weight is 270 g/mol. The monoisotopic (exact) mass is 270 g/mol. The number of nitrogens with zero attached hydrogens (tertiary/aromatic N) is 1. The fraction of sp³-hybridized carbons (Fsp3) is 0.933. The third-order valence-electron chi connectivity index (χ3n) is 3.80. The highest BCUT2D eigenvalue weighted by atomic mass is 16.6. The first-order valence-corrected chi connectivity index (χ1v) is 7.29. The molecule has 0 aliphatic heterocycles.